The highest BCUT2D eigenvalue weighted by atomic mass is 32.2. The van der Waals surface area contributed by atoms with Gasteiger partial charge in [0.05, 0.1) is 12.0 Å². The number of hydrogen-bond acceptors (Lipinski definition) is 4. The second kappa shape index (κ2) is 8.35. The maximum absolute atomic E-state index is 12.6. The van der Waals surface area contributed by atoms with Crippen LogP contribution in [-0.2, 0) is 9.53 Å². The topological polar surface area (TPSA) is 66.8 Å². The van der Waals surface area contributed by atoms with Gasteiger partial charge in [-0.15, -0.1) is 0 Å². The molecule has 0 saturated carbocycles. The third-order valence-corrected chi connectivity index (χ3v) is 5.79. The van der Waals surface area contributed by atoms with Crippen molar-refractivity contribution in [1.82, 2.24) is 4.90 Å². The average molecular weight is 385 g/mol. The third-order valence-electron chi connectivity index (χ3n) is 5.07. The molecule has 2 fully saturated rings. The zero-order valence-electron chi connectivity index (χ0n) is 14.1. The third kappa shape index (κ3) is 4.35. The lowest BCUT2D eigenvalue weighted by Crippen LogP contribution is -2.43. The van der Waals surface area contributed by atoms with Crippen LogP contribution in [0.3, 0.4) is 0 Å². The van der Waals surface area contributed by atoms with E-state index in [2.05, 4.69) is 0 Å². The van der Waals surface area contributed by atoms with Gasteiger partial charge in [-0.2, -0.15) is 8.78 Å². The van der Waals surface area contributed by atoms with Crippen molar-refractivity contribution in [3.05, 3.63) is 29.8 Å². The lowest BCUT2D eigenvalue weighted by atomic mass is 9.84. The summed E-state index contributed by atoms with van der Waals surface area (Å²) < 4.78 is 30.4. The minimum Gasteiger partial charge on any atom is -0.481 e. The van der Waals surface area contributed by atoms with Gasteiger partial charge in [0.25, 0.3) is 11.7 Å². The first-order valence-electron chi connectivity index (χ1n) is 8.64. The van der Waals surface area contributed by atoms with Crippen LogP contribution in [0.25, 0.3) is 0 Å². The smallest absolute Gasteiger partial charge is 0.309 e. The summed E-state index contributed by atoms with van der Waals surface area (Å²) >= 11 is 0.451. The molecule has 0 spiro atoms. The number of likely N-dealkylation sites (tertiary alicyclic amines) is 1. The monoisotopic (exact) mass is 385 g/mol. The molecule has 1 amide bonds. The van der Waals surface area contributed by atoms with E-state index in [1.807, 2.05) is 0 Å². The van der Waals surface area contributed by atoms with E-state index in [1.54, 1.807) is 17.0 Å². The molecule has 5 nitrogen and oxygen atoms in total. The largest absolute Gasteiger partial charge is 0.481 e. The van der Waals surface area contributed by atoms with E-state index < -0.39 is 17.6 Å². The molecule has 0 radical (unpaired) electrons. The molecule has 2 heterocycles. The highest BCUT2D eigenvalue weighted by molar-refractivity contribution is 7.99. The first kappa shape index (κ1) is 19.1. The van der Waals surface area contributed by atoms with Crippen LogP contribution in [0.4, 0.5) is 8.78 Å². The maximum atomic E-state index is 12.6. The molecule has 0 aromatic heterocycles. The van der Waals surface area contributed by atoms with Gasteiger partial charge in [-0.1, -0.05) is 11.8 Å². The molecule has 2 saturated heterocycles. The molecule has 2 aliphatic rings. The Hall–Kier alpha value is -1.67. The van der Waals surface area contributed by atoms with Gasteiger partial charge in [0.15, 0.2) is 0 Å². The summed E-state index contributed by atoms with van der Waals surface area (Å²) in [5.41, 5.74) is 0.475. The Bertz CT molecular complexity index is 647. The van der Waals surface area contributed by atoms with Gasteiger partial charge in [0.2, 0.25) is 0 Å². The molecule has 1 unspecified atom stereocenters. The summed E-state index contributed by atoms with van der Waals surface area (Å²) in [7, 11) is 0. The predicted octanol–water partition coefficient (Wildman–Crippen LogP) is 3.34. The van der Waals surface area contributed by atoms with Crippen molar-refractivity contribution >= 4 is 23.6 Å². The molecule has 3 rings (SSSR count). The Morgan fingerprint density at radius 3 is 2.38 bits per heavy atom. The Morgan fingerprint density at radius 2 is 1.81 bits per heavy atom. The lowest BCUT2D eigenvalue weighted by Gasteiger charge is -2.35. The minimum atomic E-state index is -2.48. The number of carboxylic acid groups (broad SMARTS) is 1. The number of piperidine rings is 1. The summed E-state index contributed by atoms with van der Waals surface area (Å²) in [6.07, 6.45) is 1.69. The van der Waals surface area contributed by atoms with Crippen molar-refractivity contribution in [2.24, 2.45) is 11.8 Å². The van der Waals surface area contributed by atoms with E-state index in [4.69, 9.17) is 4.74 Å². The molecule has 1 N–H and O–H groups in total. The number of aliphatic carboxylic acids is 1. The Labute approximate surface area is 154 Å². The van der Waals surface area contributed by atoms with Gasteiger partial charge >= 0.3 is 5.97 Å². The molecule has 1 aromatic rings. The highest BCUT2D eigenvalue weighted by Crippen LogP contribution is 2.33. The molecule has 0 aliphatic carbocycles. The van der Waals surface area contributed by atoms with Gasteiger partial charge in [-0.3, -0.25) is 9.59 Å². The fourth-order valence-electron chi connectivity index (χ4n) is 3.73. The van der Waals surface area contributed by atoms with E-state index in [0.717, 1.165) is 0 Å². The number of alkyl halides is 2. The quantitative estimate of drug-likeness (QED) is 0.788. The number of ether oxygens (including phenoxy) is 1. The Morgan fingerprint density at radius 1 is 1.15 bits per heavy atom. The maximum Gasteiger partial charge on any atom is 0.309 e. The first-order chi connectivity index (χ1) is 12.5. The van der Waals surface area contributed by atoms with Crippen LogP contribution in [0.15, 0.2) is 29.2 Å². The molecule has 2 aliphatic heterocycles. The number of rotatable bonds is 5. The van der Waals surface area contributed by atoms with Crippen molar-refractivity contribution in [3.8, 4) is 0 Å². The van der Waals surface area contributed by atoms with Gasteiger partial charge in [0, 0.05) is 30.2 Å². The Balaban J connectivity index is 1.56. The molecular weight excluding hydrogens is 364 g/mol. The summed E-state index contributed by atoms with van der Waals surface area (Å²) in [5, 5.41) is 9.29. The number of carbonyl (C=O) groups excluding carboxylic acids is 1. The number of carboxylic acids is 1. The van der Waals surface area contributed by atoms with Crippen LogP contribution in [0.2, 0.25) is 0 Å². The number of halogens is 2. The zero-order valence-corrected chi connectivity index (χ0v) is 15.0. The van der Waals surface area contributed by atoms with Crippen molar-refractivity contribution in [2.45, 2.75) is 36.0 Å². The van der Waals surface area contributed by atoms with Crippen LogP contribution in [0.5, 0.6) is 0 Å². The van der Waals surface area contributed by atoms with Gasteiger partial charge < -0.3 is 14.7 Å². The fourth-order valence-corrected chi connectivity index (χ4v) is 4.23. The number of amides is 1. The predicted molar refractivity (Wildman–Crippen MR) is 92.4 cm³/mol. The van der Waals surface area contributed by atoms with Crippen molar-refractivity contribution in [1.29, 1.82) is 0 Å². The van der Waals surface area contributed by atoms with Crippen LogP contribution >= 0.6 is 11.8 Å². The first-order valence-corrected chi connectivity index (χ1v) is 9.52. The van der Waals surface area contributed by atoms with Gasteiger partial charge in [-0.05, 0) is 49.4 Å². The molecule has 142 valence electrons. The van der Waals surface area contributed by atoms with E-state index in [-0.39, 0.29) is 17.9 Å². The summed E-state index contributed by atoms with van der Waals surface area (Å²) in [6.45, 7) is 1.57. The van der Waals surface area contributed by atoms with Crippen LogP contribution in [0.1, 0.15) is 29.6 Å². The molecule has 26 heavy (non-hydrogen) atoms. The van der Waals surface area contributed by atoms with Crippen molar-refractivity contribution < 1.29 is 28.2 Å². The molecule has 8 heteroatoms. The SMILES string of the molecule is O=C(O)C1CCO[C@H]1C1CCN(C(=O)c2ccc(SC(F)F)cc2)CC1. The summed E-state index contributed by atoms with van der Waals surface area (Å²) in [5.74, 6) is -3.73. The van der Waals surface area contributed by atoms with E-state index in [9.17, 15) is 23.5 Å². The fraction of sp³-hybridized carbons (Fsp3) is 0.556. The second-order valence-electron chi connectivity index (χ2n) is 6.60. The number of hydrogen-bond donors (Lipinski definition) is 1. The highest BCUT2D eigenvalue weighted by Gasteiger charge is 2.40. The number of nitrogens with zero attached hydrogens (tertiary/aromatic N) is 1. The molecule has 1 aromatic carbocycles. The van der Waals surface area contributed by atoms with Crippen LogP contribution in [0, 0.1) is 11.8 Å². The number of carbonyl (C=O) groups is 2. The standard InChI is InChI=1S/C18H21F2NO4S/c19-18(20)26-13-3-1-12(2-4-13)16(22)21-8-5-11(6-9-21)15-14(17(23)24)7-10-25-15/h1-4,11,14-15,18H,5-10H2,(H,23,24)/t14?,15-/m0/s1. The van der Waals surface area contributed by atoms with Crippen molar-refractivity contribution in [3.63, 3.8) is 0 Å². The second-order valence-corrected chi connectivity index (χ2v) is 7.66. The average Bonchev–Trinajstić information content (AvgIpc) is 3.11. The lowest BCUT2D eigenvalue weighted by molar-refractivity contribution is -0.145. The molecule has 2 atom stereocenters. The summed E-state index contributed by atoms with van der Waals surface area (Å²) in [4.78, 5) is 26.0. The summed E-state index contributed by atoms with van der Waals surface area (Å²) in [6, 6.07) is 6.20. The number of benzene rings is 1. The minimum absolute atomic E-state index is 0.126. The van der Waals surface area contributed by atoms with E-state index in [0.29, 0.717) is 61.2 Å². The van der Waals surface area contributed by atoms with Gasteiger partial charge in [-0.25, -0.2) is 0 Å². The zero-order chi connectivity index (χ0) is 18.7. The Kier molecular flexibility index (Phi) is 6.13. The normalized spacial score (nSPS) is 24.2. The molecular formula is C18H21F2NO4S. The van der Waals surface area contributed by atoms with E-state index >= 15 is 0 Å². The molecule has 0 bridgehead atoms. The van der Waals surface area contributed by atoms with E-state index in [1.165, 1.54) is 12.1 Å². The van der Waals surface area contributed by atoms with Crippen molar-refractivity contribution in [2.75, 3.05) is 19.7 Å². The van der Waals surface area contributed by atoms with Crippen LogP contribution < -0.4 is 0 Å². The number of thioether (sulfide) groups is 1. The van der Waals surface area contributed by atoms with Crippen LogP contribution in [-0.4, -0.2) is 53.4 Å². The van der Waals surface area contributed by atoms with Gasteiger partial charge in [0.1, 0.15) is 0 Å².